The van der Waals surface area contributed by atoms with E-state index in [0.29, 0.717) is 5.56 Å². The number of aromatic amines is 1. The van der Waals surface area contributed by atoms with Crippen LogP contribution in [-0.2, 0) is 7.05 Å². The van der Waals surface area contributed by atoms with Gasteiger partial charge in [0.1, 0.15) is 5.02 Å². The molecule has 0 radical (unpaired) electrons. The molecule has 1 aliphatic rings. The number of benzene rings is 1. The summed E-state index contributed by atoms with van der Waals surface area (Å²) < 4.78 is 1.52. The van der Waals surface area contributed by atoms with Gasteiger partial charge in [0.15, 0.2) is 0 Å². The first-order valence-electron chi connectivity index (χ1n) is 10.7. The Kier molecular flexibility index (Phi) is 5.71. The Morgan fingerprint density at radius 2 is 1.81 bits per heavy atom. The van der Waals surface area contributed by atoms with Crippen molar-refractivity contribution in [1.29, 1.82) is 0 Å². The lowest BCUT2D eigenvalue weighted by atomic mass is 9.94. The zero-order valence-electron chi connectivity index (χ0n) is 18.8. The highest BCUT2D eigenvalue weighted by molar-refractivity contribution is 6.31. The van der Waals surface area contributed by atoms with Gasteiger partial charge in [-0.2, -0.15) is 0 Å². The average molecular weight is 441 g/mol. The third-order valence-corrected chi connectivity index (χ3v) is 6.73. The monoisotopic (exact) mass is 440 g/mol. The quantitative estimate of drug-likeness (QED) is 0.669. The highest BCUT2D eigenvalue weighted by Crippen LogP contribution is 2.38. The number of halogens is 1. The molecule has 0 bridgehead atoms. The molecule has 1 aliphatic heterocycles. The molecule has 6 nitrogen and oxygen atoms in total. The number of piperazine rings is 1. The number of amides is 1. The van der Waals surface area contributed by atoms with E-state index in [0.717, 1.165) is 59.5 Å². The first kappa shape index (κ1) is 21.7. The molecule has 1 aromatic carbocycles. The lowest BCUT2D eigenvalue weighted by Gasteiger charge is -2.32. The first-order chi connectivity index (χ1) is 14.7. The molecule has 1 N–H and O–H groups in total. The van der Waals surface area contributed by atoms with Gasteiger partial charge in [-0.05, 0) is 49.2 Å². The van der Waals surface area contributed by atoms with E-state index in [1.807, 2.05) is 36.2 Å². The van der Waals surface area contributed by atoms with Gasteiger partial charge in [-0.3, -0.25) is 9.59 Å². The molecule has 31 heavy (non-hydrogen) atoms. The number of pyridine rings is 1. The minimum atomic E-state index is -0.204. The smallest absolute Gasteiger partial charge is 0.269 e. The molecule has 0 aliphatic carbocycles. The van der Waals surface area contributed by atoms with Crippen molar-refractivity contribution in [3.8, 4) is 11.3 Å². The summed E-state index contributed by atoms with van der Waals surface area (Å²) in [7, 11) is 3.79. The highest BCUT2D eigenvalue weighted by atomic mass is 35.5. The number of carbonyl (C=O) groups excluding carboxylic acids is 1. The molecule has 3 heterocycles. The molecule has 1 saturated heterocycles. The van der Waals surface area contributed by atoms with Gasteiger partial charge in [0, 0.05) is 61.5 Å². The van der Waals surface area contributed by atoms with Crippen LogP contribution in [0.4, 0.5) is 0 Å². The van der Waals surface area contributed by atoms with E-state index in [2.05, 4.69) is 30.8 Å². The summed E-state index contributed by atoms with van der Waals surface area (Å²) in [6.45, 7) is 9.44. The maximum atomic E-state index is 13.1. The van der Waals surface area contributed by atoms with E-state index in [9.17, 15) is 9.59 Å². The molecule has 1 fully saturated rings. The third kappa shape index (κ3) is 3.79. The lowest BCUT2D eigenvalue weighted by Crippen LogP contribution is -2.47. The number of aryl methyl sites for hydroxylation is 1. The molecular weight excluding hydrogens is 412 g/mol. The predicted octanol–water partition coefficient (Wildman–Crippen LogP) is 4.01. The molecular formula is C24H29ClN4O2. The summed E-state index contributed by atoms with van der Waals surface area (Å²) in [6, 6.07) is 5.88. The number of likely N-dealkylation sites (N-methyl/N-ethyl adjacent to an activating group) is 1. The molecule has 2 aromatic heterocycles. The van der Waals surface area contributed by atoms with Crippen LogP contribution in [0.25, 0.3) is 22.2 Å². The lowest BCUT2D eigenvalue weighted by molar-refractivity contribution is 0.0664. The SMILES string of the molecule is Cc1c(-c2[nH]c3ccc(C(=O)N4CCN(C)CC4)cc3c2C(C)C)cn(C)c(=O)c1Cl. The van der Waals surface area contributed by atoms with Crippen LogP contribution in [0.1, 0.15) is 41.3 Å². The van der Waals surface area contributed by atoms with Crippen LogP contribution in [0, 0.1) is 6.92 Å². The van der Waals surface area contributed by atoms with Crippen LogP contribution in [-0.4, -0.2) is 58.5 Å². The number of nitrogens with zero attached hydrogens (tertiary/aromatic N) is 3. The standard InChI is InChI=1S/C24H29ClN4O2/c1-14(2)20-17-12-16(23(30)29-10-8-27(4)9-11-29)6-7-19(17)26-22(20)18-13-28(5)24(31)21(25)15(18)3/h6-7,12-14,26H,8-11H2,1-5H3. The van der Waals surface area contributed by atoms with E-state index < -0.39 is 0 Å². The molecule has 7 heteroatoms. The first-order valence-corrected chi connectivity index (χ1v) is 11.1. The van der Waals surface area contributed by atoms with E-state index in [1.54, 1.807) is 7.05 Å². The Balaban J connectivity index is 1.84. The number of H-pyrrole nitrogens is 1. The number of nitrogens with one attached hydrogen (secondary N) is 1. The van der Waals surface area contributed by atoms with E-state index in [-0.39, 0.29) is 22.4 Å². The van der Waals surface area contributed by atoms with Crippen molar-refractivity contribution >= 4 is 28.4 Å². The molecule has 4 rings (SSSR count). The van der Waals surface area contributed by atoms with Crippen LogP contribution in [0.5, 0.6) is 0 Å². The molecule has 164 valence electrons. The normalized spacial score (nSPS) is 15.3. The number of hydrogen-bond acceptors (Lipinski definition) is 3. The van der Waals surface area contributed by atoms with Crippen molar-refractivity contribution in [2.24, 2.45) is 7.05 Å². The van der Waals surface area contributed by atoms with Gasteiger partial charge in [-0.25, -0.2) is 0 Å². The fourth-order valence-electron chi connectivity index (χ4n) is 4.38. The summed E-state index contributed by atoms with van der Waals surface area (Å²) in [5.41, 5.74) is 5.21. The van der Waals surface area contributed by atoms with Crippen LogP contribution in [0.3, 0.4) is 0 Å². The Morgan fingerprint density at radius 3 is 2.45 bits per heavy atom. The van der Waals surface area contributed by atoms with Crippen molar-refractivity contribution in [3.05, 3.63) is 56.5 Å². The molecule has 0 atom stereocenters. The maximum Gasteiger partial charge on any atom is 0.269 e. The van der Waals surface area contributed by atoms with E-state index in [4.69, 9.17) is 11.6 Å². The summed E-state index contributed by atoms with van der Waals surface area (Å²) in [6.07, 6.45) is 1.83. The van der Waals surface area contributed by atoms with Crippen molar-refractivity contribution < 1.29 is 4.79 Å². The summed E-state index contributed by atoms with van der Waals surface area (Å²) in [5.74, 6) is 0.293. The highest BCUT2D eigenvalue weighted by Gasteiger charge is 2.23. The average Bonchev–Trinajstić information content (AvgIpc) is 3.13. The predicted molar refractivity (Wildman–Crippen MR) is 126 cm³/mol. The fraction of sp³-hybridized carbons (Fsp3) is 0.417. The zero-order valence-corrected chi connectivity index (χ0v) is 19.5. The maximum absolute atomic E-state index is 13.1. The molecule has 3 aromatic rings. The largest absolute Gasteiger partial charge is 0.354 e. The fourth-order valence-corrected chi connectivity index (χ4v) is 4.62. The molecule has 0 spiro atoms. The van der Waals surface area contributed by atoms with Crippen LogP contribution in [0.2, 0.25) is 5.02 Å². The summed E-state index contributed by atoms with van der Waals surface area (Å²) >= 11 is 6.33. The number of fused-ring (bicyclic) bond motifs is 1. The third-order valence-electron chi connectivity index (χ3n) is 6.29. The van der Waals surface area contributed by atoms with Crippen molar-refractivity contribution in [3.63, 3.8) is 0 Å². The van der Waals surface area contributed by atoms with Gasteiger partial charge in [-0.15, -0.1) is 0 Å². The minimum Gasteiger partial charge on any atom is -0.354 e. The topological polar surface area (TPSA) is 61.3 Å². The summed E-state index contributed by atoms with van der Waals surface area (Å²) in [5, 5.41) is 1.27. The van der Waals surface area contributed by atoms with Crippen molar-refractivity contribution in [2.45, 2.75) is 26.7 Å². The minimum absolute atomic E-state index is 0.0776. The molecule has 1 amide bonds. The number of hydrogen-bond donors (Lipinski definition) is 1. The Labute approximate surface area is 187 Å². The molecule has 0 unspecified atom stereocenters. The second kappa shape index (κ2) is 8.17. The van der Waals surface area contributed by atoms with Crippen LogP contribution < -0.4 is 5.56 Å². The van der Waals surface area contributed by atoms with Gasteiger partial charge in [0.25, 0.3) is 11.5 Å². The zero-order chi connectivity index (χ0) is 22.4. The summed E-state index contributed by atoms with van der Waals surface area (Å²) in [4.78, 5) is 33.1. The van der Waals surface area contributed by atoms with Crippen molar-refractivity contribution in [1.82, 2.24) is 19.4 Å². The second-order valence-electron chi connectivity index (χ2n) is 8.82. The number of rotatable bonds is 3. The second-order valence-corrected chi connectivity index (χ2v) is 9.20. The van der Waals surface area contributed by atoms with Gasteiger partial charge in [-0.1, -0.05) is 25.4 Å². The van der Waals surface area contributed by atoms with Gasteiger partial charge in [0.2, 0.25) is 0 Å². The Morgan fingerprint density at radius 1 is 1.13 bits per heavy atom. The van der Waals surface area contributed by atoms with Crippen LogP contribution >= 0.6 is 11.6 Å². The number of aromatic nitrogens is 2. The van der Waals surface area contributed by atoms with Gasteiger partial charge < -0.3 is 19.4 Å². The van der Waals surface area contributed by atoms with Crippen molar-refractivity contribution in [2.75, 3.05) is 33.2 Å². The van der Waals surface area contributed by atoms with E-state index in [1.165, 1.54) is 4.57 Å². The number of carbonyl (C=O) groups is 1. The Bertz CT molecular complexity index is 1220. The Hall–Kier alpha value is -2.57. The molecule has 0 saturated carbocycles. The van der Waals surface area contributed by atoms with Gasteiger partial charge in [0.05, 0.1) is 5.69 Å². The van der Waals surface area contributed by atoms with Crippen LogP contribution in [0.15, 0.2) is 29.2 Å². The van der Waals surface area contributed by atoms with Gasteiger partial charge >= 0.3 is 0 Å². The van der Waals surface area contributed by atoms with E-state index >= 15 is 0 Å².